The third kappa shape index (κ3) is 2.67. The Bertz CT molecular complexity index is 898. The molecule has 2 aromatic heterocycles. The first kappa shape index (κ1) is 14.9. The van der Waals surface area contributed by atoms with Crippen LogP contribution in [0.25, 0.3) is 11.4 Å². The molecule has 1 saturated heterocycles. The van der Waals surface area contributed by atoms with Crippen molar-refractivity contribution < 1.29 is 13.8 Å². The number of aromatic nitrogens is 3. The Morgan fingerprint density at radius 2 is 2.08 bits per heavy atom. The van der Waals surface area contributed by atoms with Gasteiger partial charge in [0.05, 0.1) is 5.92 Å². The number of rotatable bonds is 3. The SMILES string of the molecule is Cc1cc(C(=O)N2CC(c3nc(-c4cccc(Cl)c4)no3)C2)no1. The van der Waals surface area contributed by atoms with Crippen molar-refractivity contribution in [3.63, 3.8) is 0 Å². The van der Waals surface area contributed by atoms with E-state index in [4.69, 9.17) is 20.6 Å². The second-order valence-electron chi connectivity index (χ2n) is 5.70. The molecule has 0 spiro atoms. The second kappa shape index (κ2) is 5.76. The van der Waals surface area contributed by atoms with Crippen molar-refractivity contribution in [2.24, 2.45) is 0 Å². The molecule has 1 fully saturated rings. The highest BCUT2D eigenvalue weighted by atomic mass is 35.5. The van der Waals surface area contributed by atoms with Gasteiger partial charge in [-0.3, -0.25) is 4.79 Å². The Morgan fingerprint density at radius 3 is 2.79 bits per heavy atom. The molecular formula is C16H13ClN4O3. The van der Waals surface area contributed by atoms with Crippen molar-refractivity contribution in [1.82, 2.24) is 20.2 Å². The predicted octanol–water partition coefficient (Wildman–Crippen LogP) is 2.93. The van der Waals surface area contributed by atoms with Crippen LogP contribution in [0.4, 0.5) is 0 Å². The zero-order chi connectivity index (χ0) is 16.7. The quantitative estimate of drug-likeness (QED) is 0.726. The monoisotopic (exact) mass is 344 g/mol. The highest BCUT2D eigenvalue weighted by Gasteiger charge is 2.37. The Kier molecular flexibility index (Phi) is 3.57. The van der Waals surface area contributed by atoms with Gasteiger partial charge in [0, 0.05) is 29.7 Å². The van der Waals surface area contributed by atoms with E-state index in [1.807, 2.05) is 12.1 Å². The van der Waals surface area contributed by atoms with Gasteiger partial charge >= 0.3 is 0 Å². The summed E-state index contributed by atoms with van der Waals surface area (Å²) in [4.78, 5) is 18.3. The van der Waals surface area contributed by atoms with Crippen LogP contribution in [0.3, 0.4) is 0 Å². The smallest absolute Gasteiger partial charge is 0.276 e. The minimum Gasteiger partial charge on any atom is -0.361 e. The van der Waals surface area contributed by atoms with Gasteiger partial charge in [0.1, 0.15) is 5.76 Å². The number of hydrogen-bond acceptors (Lipinski definition) is 6. The van der Waals surface area contributed by atoms with Crippen LogP contribution in [0.1, 0.15) is 28.1 Å². The fourth-order valence-electron chi connectivity index (χ4n) is 2.58. The predicted molar refractivity (Wildman–Crippen MR) is 84.6 cm³/mol. The highest BCUT2D eigenvalue weighted by molar-refractivity contribution is 6.30. The summed E-state index contributed by atoms with van der Waals surface area (Å²) in [7, 11) is 0. The molecule has 0 unspecified atom stereocenters. The van der Waals surface area contributed by atoms with Gasteiger partial charge < -0.3 is 13.9 Å². The van der Waals surface area contributed by atoms with E-state index in [9.17, 15) is 4.79 Å². The molecule has 24 heavy (non-hydrogen) atoms. The van der Waals surface area contributed by atoms with Gasteiger partial charge in [0.25, 0.3) is 5.91 Å². The summed E-state index contributed by atoms with van der Waals surface area (Å²) < 4.78 is 10.3. The fourth-order valence-corrected chi connectivity index (χ4v) is 2.77. The Hall–Kier alpha value is -2.67. The number of likely N-dealkylation sites (tertiary alicyclic amines) is 1. The van der Waals surface area contributed by atoms with Crippen LogP contribution >= 0.6 is 11.6 Å². The molecule has 1 aromatic carbocycles. The van der Waals surface area contributed by atoms with Gasteiger partial charge in [-0.15, -0.1) is 0 Å². The second-order valence-corrected chi connectivity index (χ2v) is 6.13. The number of halogens is 1. The molecular weight excluding hydrogens is 332 g/mol. The Labute approximate surface area is 142 Å². The van der Waals surface area contributed by atoms with Crippen LogP contribution in [0, 0.1) is 6.92 Å². The first-order valence-electron chi connectivity index (χ1n) is 7.42. The first-order chi connectivity index (χ1) is 11.6. The van der Waals surface area contributed by atoms with E-state index < -0.39 is 0 Å². The Morgan fingerprint density at radius 1 is 1.25 bits per heavy atom. The number of amides is 1. The molecule has 7 nitrogen and oxygen atoms in total. The highest BCUT2D eigenvalue weighted by Crippen LogP contribution is 2.29. The van der Waals surface area contributed by atoms with Crippen molar-refractivity contribution in [3.8, 4) is 11.4 Å². The molecule has 3 heterocycles. The normalized spacial score (nSPS) is 14.7. The molecule has 4 rings (SSSR count). The van der Waals surface area contributed by atoms with Crippen molar-refractivity contribution in [3.05, 3.63) is 52.7 Å². The van der Waals surface area contributed by atoms with Gasteiger partial charge in [-0.2, -0.15) is 4.98 Å². The average Bonchev–Trinajstić information content (AvgIpc) is 3.15. The molecule has 3 aromatic rings. The van der Waals surface area contributed by atoms with E-state index in [-0.39, 0.29) is 11.8 Å². The van der Waals surface area contributed by atoms with Crippen LogP contribution in [0.5, 0.6) is 0 Å². The lowest BCUT2D eigenvalue weighted by molar-refractivity contribution is 0.0558. The van der Waals surface area contributed by atoms with E-state index in [1.54, 1.807) is 30.0 Å². The molecule has 8 heteroatoms. The van der Waals surface area contributed by atoms with Crippen molar-refractivity contribution in [1.29, 1.82) is 0 Å². The van der Waals surface area contributed by atoms with Gasteiger partial charge in [-0.05, 0) is 19.1 Å². The topological polar surface area (TPSA) is 85.3 Å². The summed E-state index contributed by atoms with van der Waals surface area (Å²) in [5.41, 5.74) is 1.11. The molecule has 0 N–H and O–H groups in total. The third-order valence-corrected chi connectivity index (χ3v) is 4.12. The van der Waals surface area contributed by atoms with Gasteiger partial charge in [0.2, 0.25) is 11.7 Å². The van der Waals surface area contributed by atoms with Crippen LogP contribution in [-0.4, -0.2) is 39.2 Å². The maximum Gasteiger partial charge on any atom is 0.276 e. The number of nitrogens with zero attached hydrogens (tertiary/aromatic N) is 4. The molecule has 1 amide bonds. The van der Waals surface area contributed by atoms with Crippen molar-refractivity contribution in [2.45, 2.75) is 12.8 Å². The van der Waals surface area contributed by atoms with Crippen LogP contribution in [0.2, 0.25) is 5.02 Å². The summed E-state index contributed by atoms with van der Waals surface area (Å²) in [6.07, 6.45) is 0. The molecule has 122 valence electrons. The average molecular weight is 345 g/mol. The summed E-state index contributed by atoms with van der Waals surface area (Å²) >= 11 is 5.97. The lowest BCUT2D eigenvalue weighted by atomic mass is 9.99. The number of benzene rings is 1. The minimum absolute atomic E-state index is 0.0300. The summed E-state index contributed by atoms with van der Waals surface area (Å²) in [6, 6.07) is 8.88. The maximum atomic E-state index is 12.2. The molecule has 0 atom stereocenters. The zero-order valence-electron chi connectivity index (χ0n) is 12.8. The van der Waals surface area contributed by atoms with Crippen LogP contribution in [-0.2, 0) is 0 Å². The van der Waals surface area contributed by atoms with E-state index in [1.165, 1.54) is 0 Å². The molecule has 0 bridgehead atoms. The van der Waals surface area contributed by atoms with Crippen molar-refractivity contribution in [2.75, 3.05) is 13.1 Å². The number of carbonyl (C=O) groups excluding carboxylic acids is 1. The van der Waals surface area contributed by atoms with Gasteiger partial charge in [-0.25, -0.2) is 0 Å². The van der Waals surface area contributed by atoms with Crippen LogP contribution < -0.4 is 0 Å². The minimum atomic E-state index is -0.155. The third-order valence-electron chi connectivity index (χ3n) is 3.89. The first-order valence-corrected chi connectivity index (χ1v) is 7.80. The van der Waals surface area contributed by atoms with Crippen molar-refractivity contribution >= 4 is 17.5 Å². The molecule has 0 aliphatic carbocycles. The molecule has 1 aliphatic rings. The zero-order valence-corrected chi connectivity index (χ0v) is 13.5. The van der Waals surface area contributed by atoms with E-state index >= 15 is 0 Å². The van der Waals surface area contributed by atoms with E-state index in [2.05, 4.69) is 15.3 Å². The van der Waals surface area contributed by atoms with Crippen LogP contribution in [0.15, 0.2) is 39.4 Å². The largest absolute Gasteiger partial charge is 0.361 e. The maximum absolute atomic E-state index is 12.2. The van der Waals surface area contributed by atoms with Gasteiger partial charge in [0.15, 0.2) is 5.69 Å². The number of aryl methyl sites for hydroxylation is 1. The molecule has 0 radical (unpaired) electrons. The molecule has 0 saturated carbocycles. The summed E-state index contributed by atoms with van der Waals surface area (Å²) in [5.74, 6) is 1.49. The fraction of sp³-hybridized carbons (Fsp3) is 0.250. The molecule has 1 aliphatic heterocycles. The summed E-state index contributed by atoms with van der Waals surface area (Å²) in [5, 5.41) is 8.34. The van der Waals surface area contributed by atoms with E-state index in [0.29, 0.717) is 41.3 Å². The standard InChI is InChI=1S/C16H13ClN4O3/c1-9-5-13(19-23-9)16(22)21-7-11(8-21)15-18-14(20-24-15)10-3-2-4-12(17)6-10/h2-6,11H,7-8H2,1H3. The lowest BCUT2D eigenvalue weighted by Crippen LogP contribution is -2.48. The number of carbonyl (C=O) groups is 1. The Balaban J connectivity index is 1.43. The van der Waals surface area contributed by atoms with Gasteiger partial charge in [-0.1, -0.05) is 34.0 Å². The number of hydrogen-bond donors (Lipinski definition) is 0. The van der Waals surface area contributed by atoms with E-state index in [0.717, 1.165) is 5.56 Å². The lowest BCUT2D eigenvalue weighted by Gasteiger charge is -2.36. The summed E-state index contributed by atoms with van der Waals surface area (Å²) in [6.45, 7) is 2.78.